The SMILES string of the molecule is COCCOc1ccc(N)c(C(=[NH2+])c2cc(N3CCOCC3)ncn2)c1. The Balaban J connectivity index is 1.81. The summed E-state index contributed by atoms with van der Waals surface area (Å²) in [5.41, 5.74) is 8.47. The van der Waals surface area contributed by atoms with E-state index in [4.69, 9.17) is 25.4 Å². The molecule has 2 heterocycles. The van der Waals surface area contributed by atoms with Crippen LogP contribution in [0.4, 0.5) is 11.5 Å². The molecule has 0 amide bonds. The van der Waals surface area contributed by atoms with Gasteiger partial charge >= 0.3 is 0 Å². The average molecular weight is 358 g/mol. The van der Waals surface area contributed by atoms with Crippen LogP contribution in [0.5, 0.6) is 5.75 Å². The predicted octanol–water partition coefficient (Wildman–Crippen LogP) is -0.483. The molecule has 1 saturated heterocycles. The lowest BCUT2D eigenvalue weighted by Crippen LogP contribution is -2.42. The summed E-state index contributed by atoms with van der Waals surface area (Å²) in [6.07, 6.45) is 1.52. The zero-order chi connectivity index (χ0) is 18.4. The van der Waals surface area contributed by atoms with Crippen LogP contribution in [0.2, 0.25) is 0 Å². The molecule has 0 radical (unpaired) electrons. The molecular weight excluding hydrogens is 334 g/mol. The van der Waals surface area contributed by atoms with Gasteiger partial charge in [-0.15, -0.1) is 0 Å². The first-order valence-corrected chi connectivity index (χ1v) is 8.48. The highest BCUT2D eigenvalue weighted by molar-refractivity contribution is 6.11. The molecule has 0 bridgehead atoms. The minimum Gasteiger partial charge on any atom is -0.491 e. The Morgan fingerprint density at radius 1 is 1.23 bits per heavy atom. The lowest BCUT2D eigenvalue weighted by molar-refractivity contribution is -0.111. The second kappa shape index (κ2) is 8.59. The fourth-order valence-corrected chi connectivity index (χ4v) is 2.70. The van der Waals surface area contributed by atoms with Crippen LogP contribution < -0.4 is 20.8 Å². The first-order chi connectivity index (χ1) is 12.7. The van der Waals surface area contributed by atoms with Gasteiger partial charge in [0, 0.05) is 32.0 Å². The van der Waals surface area contributed by atoms with Crippen molar-refractivity contribution in [2.24, 2.45) is 0 Å². The van der Waals surface area contributed by atoms with Gasteiger partial charge in [0.2, 0.25) is 5.71 Å². The molecule has 1 aliphatic rings. The van der Waals surface area contributed by atoms with Gasteiger partial charge in [-0.05, 0) is 18.2 Å². The molecule has 26 heavy (non-hydrogen) atoms. The first-order valence-electron chi connectivity index (χ1n) is 8.48. The van der Waals surface area contributed by atoms with Gasteiger partial charge in [-0.3, -0.25) is 5.41 Å². The standard InChI is InChI=1S/C18H23N5O3/c1-24-8-9-26-13-2-3-15(19)14(10-13)18(20)16-11-17(22-12-21-16)23-4-6-25-7-5-23/h2-3,10-12,20H,4-9,19H2,1H3/p+1. The van der Waals surface area contributed by atoms with Crippen LogP contribution in [0, 0.1) is 0 Å². The zero-order valence-electron chi connectivity index (χ0n) is 14.9. The van der Waals surface area contributed by atoms with E-state index in [0.29, 0.717) is 54.8 Å². The van der Waals surface area contributed by atoms with Crippen molar-refractivity contribution in [2.75, 3.05) is 57.3 Å². The number of benzene rings is 1. The lowest BCUT2D eigenvalue weighted by atomic mass is 10.0. The van der Waals surface area contributed by atoms with Crippen LogP contribution in [0.25, 0.3) is 0 Å². The lowest BCUT2D eigenvalue weighted by Gasteiger charge is -2.27. The molecule has 4 N–H and O–H groups in total. The van der Waals surface area contributed by atoms with Gasteiger partial charge in [0.15, 0.2) is 0 Å². The number of hydrogen-bond donors (Lipinski definition) is 2. The van der Waals surface area contributed by atoms with Gasteiger partial charge in [0.25, 0.3) is 0 Å². The number of methoxy groups -OCH3 is 1. The number of ether oxygens (including phenoxy) is 3. The Labute approximate surface area is 152 Å². The summed E-state index contributed by atoms with van der Waals surface area (Å²) in [6.45, 7) is 3.92. The van der Waals surface area contributed by atoms with Crippen molar-refractivity contribution in [3.63, 3.8) is 0 Å². The molecule has 0 atom stereocenters. The number of hydrogen-bond acceptors (Lipinski definition) is 7. The topological polar surface area (TPSA) is 108 Å². The number of rotatable bonds is 7. The summed E-state index contributed by atoms with van der Waals surface area (Å²) in [5.74, 6) is 1.50. The van der Waals surface area contributed by atoms with Crippen molar-refractivity contribution >= 4 is 17.2 Å². The van der Waals surface area contributed by atoms with E-state index in [2.05, 4.69) is 14.9 Å². The maximum atomic E-state index is 6.36. The number of nitrogens with zero attached hydrogens (tertiary/aromatic N) is 3. The van der Waals surface area contributed by atoms with Crippen molar-refractivity contribution < 1.29 is 19.6 Å². The predicted molar refractivity (Wildman–Crippen MR) is 98.4 cm³/mol. The van der Waals surface area contributed by atoms with Crippen molar-refractivity contribution in [1.82, 2.24) is 9.97 Å². The van der Waals surface area contributed by atoms with E-state index >= 15 is 0 Å². The van der Waals surface area contributed by atoms with E-state index in [1.165, 1.54) is 6.33 Å². The number of nitrogens with two attached hydrogens (primary N) is 2. The van der Waals surface area contributed by atoms with E-state index in [1.54, 1.807) is 19.2 Å². The first kappa shape index (κ1) is 18.1. The minimum absolute atomic E-state index is 0.453. The largest absolute Gasteiger partial charge is 0.491 e. The summed E-state index contributed by atoms with van der Waals surface area (Å²) < 4.78 is 16.0. The highest BCUT2D eigenvalue weighted by Crippen LogP contribution is 2.22. The van der Waals surface area contributed by atoms with Gasteiger partial charge in [-0.2, -0.15) is 0 Å². The second-order valence-corrected chi connectivity index (χ2v) is 5.86. The zero-order valence-corrected chi connectivity index (χ0v) is 14.9. The van der Waals surface area contributed by atoms with E-state index in [0.717, 1.165) is 18.9 Å². The smallest absolute Gasteiger partial charge is 0.232 e. The molecule has 0 unspecified atom stereocenters. The van der Waals surface area contributed by atoms with Gasteiger partial charge in [-0.1, -0.05) is 0 Å². The van der Waals surface area contributed by atoms with Crippen LogP contribution in [-0.2, 0) is 9.47 Å². The summed E-state index contributed by atoms with van der Waals surface area (Å²) in [6, 6.07) is 7.27. The summed E-state index contributed by atoms with van der Waals surface area (Å²) in [4.78, 5) is 10.8. The van der Waals surface area contributed by atoms with Crippen molar-refractivity contribution in [1.29, 1.82) is 0 Å². The Hall–Kier alpha value is -2.71. The van der Waals surface area contributed by atoms with Gasteiger partial charge in [0.05, 0.1) is 25.4 Å². The van der Waals surface area contributed by atoms with Crippen LogP contribution in [0.1, 0.15) is 11.3 Å². The van der Waals surface area contributed by atoms with Crippen LogP contribution in [0.3, 0.4) is 0 Å². The Kier molecular flexibility index (Phi) is 5.98. The molecule has 8 heteroatoms. The second-order valence-electron chi connectivity index (χ2n) is 5.86. The highest BCUT2D eigenvalue weighted by Gasteiger charge is 2.19. The molecule has 2 aromatic rings. The number of morpholine rings is 1. The van der Waals surface area contributed by atoms with E-state index in [1.807, 2.05) is 12.1 Å². The molecule has 0 saturated carbocycles. The molecular formula is C18H24N5O3+. The maximum Gasteiger partial charge on any atom is 0.232 e. The van der Waals surface area contributed by atoms with Crippen molar-refractivity contribution in [3.8, 4) is 5.75 Å². The molecule has 138 valence electrons. The number of nitrogen functional groups attached to an aromatic ring is 1. The molecule has 1 fully saturated rings. The summed E-state index contributed by atoms with van der Waals surface area (Å²) >= 11 is 0. The third-order valence-corrected chi connectivity index (χ3v) is 4.13. The molecule has 1 aromatic carbocycles. The Bertz CT molecular complexity index is 762. The third kappa shape index (κ3) is 4.27. The Morgan fingerprint density at radius 2 is 2.04 bits per heavy atom. The van der Waals surface area contributed by atoms with Crippen LogP contribution >= 0.6 is 0 Å². The van der Waals surface area contributed by atoms with Gasteiger partial charge in [-0.25, -0.2) is 9.97 Å². The van der Waals surface area contributed by atoms with E-state index < -0.39 is 0 Å². The summed E-state index contributed by atoms with van der Waals surface area (Å²) in [7, 11) is 1.63. The third-order valence-electron chi connectivity index (χ3n) is 4.13. The number of aromatic nitrogens is 2. The monoisotopic (exact) mass is 358 g/mol. The van der Waals surface area contributed by atoms with Crippen LogP contribution in [-0.4, -0.2) is 62.3 Å². The molecule has 0 spiro atoms. The highest BCUT2D eigenvalue weighted by atomic mass is 16.5. The van der Waals surface area contributed by atoms with Crippen molar-refractivity contribution in [3.05, 3.63) is 41.9 Å². The normalized spacial score (nSPS) is 14.3. The number of anilines is 2. The van der Waals surface area contributed by atoms with E-state index in [-0.39, 0.29) is 0 Å². The molecule has 3 rings (SSSR count). The van der Waals surface area contributed by atoms with Gasteiger partial charge in [0.1, 0.15) is 30.2 Å². The molecule has 1 aromatic heterocycles. The quantitative estimate of drug-likeness (QED) is 0.391. The minimum atomic E-state index is 0.453. The molecule has 0 aliphatic carbocycles. The van der Waals surface area contributed by atoms with Crippen LogP contribution in [0.15, 0.2) is 30.6 Å². The summed E-state index contributed by atoms with van der Waals surface area (Å²) in [5, 5.41) is 6.36. The molecule has 8 nitrogen and oxygen atoms in total. The average Bonchev–Trinajstić information content (AvgIpc) is 2.70. The van der Waals surface area contributed by atoms with Gasteiger partial charge < -0.3 is 24.8 Å². The van der Waals surface area contributed by atoms with Crippen molar-refractivity contribution in [2.45, 2.75) is 0 Å². The van der Waals surface area contributed by atoms with E-state index in [9.17, 15) is 0 Å². The molecule has 1 aliphatic heterocycles. The fraction of sp³-hybridized carbons (Fsp3) is 0.389. The fourth-order valence-electron chi connectivity index (χ4n) is 2.70. The maximum absolute atomic E-state index is 6.36. The Morgan fingerprint density at radius 3 is 2.81 bits per heavy atom.